The zero-order valence-electron chi connectivity index (χ0n) is 8.07. The Kier molecular flexibility index (Phi) is 35.0. The van der Waals surface area contributed by atoms with Gasteiger partial charge in [-0.05, 0) is 0 Å². The van der Waals surface area contributed by atoms with E-state index < -0.39 is 11.9 Å². The second kappa shape index (κ2) is 18.5. The summed E-state index contributed by atoms with van der Waals surface area (Å²) in [6.07, 6.45) is 0. The van der Waals surface area contributed by atoms with Crippen LogP contribution in [0, 0.1) is 41.7 Å². The summed E-state index contributed by atoms with van der Waals surface area (Å²) >= 11 is 0. The fourth-order valence-electron chi connectivity index (χ4n) is 0.738. The van der Waals surface area contributed by atoms with Crippen molar-refractivity contribution in [2.45, 2.75) is 0 Å². The van der Waals surface area contributed by atoms with E-state index in [2.05, 4.69) is 0 Å². The predicted octanol–water partition coefficient (Wildman–Crippen LogP) is -10.5. The molecule has 3 N–H and O–H groups in total. The first kappa shape index (κ1) is 30.3. The molecule has 16 heavy (non-hydrogen) atoms. The first-order valence-electron chi connectivity index (χ1n) is 3.33. The molecule has 0 fully saturated rings. The number of aliphatic carboxylic acids is 2. The van der Waals surface area contributed by atoms with Gasteiger partial charge in [0.25, 0.3) is 0 Å². The minimum Gasteiger partial charge on any atom is -1.00 e. The zero-order valence-corrected chi connectivity index (χ0v) is 13.5. The van der Waals surface area contributed by atoms with Gasteiger partial charge in [-0.25, -0.2) is 0 Å². The van der Waals surface area contributed by atoms with E-state index in [1.165, 1.54) is 0 Å². The van der Waals surface area contributed by atoms with Crippen LogP contribution in [0.25, 0.3) is 0 Å². The summed E-state index contributed by atoms with van der Waals surface area (Å²) in [5.41, 5.74) is 0. The molecule has 0 aliphatic rings. The number of aliphatic hydroxyl groups is 1. The molecule has 0 spiro atoms. The number of rotatable bonds is 6. The van der Waals surface area contributed by atoms with E-state index in [1.807, 2.05) is 0 Å². The van der Waals surface area contributed by atoms with Crippen LogP contribution in [0.4, 0.5) is 0 Å². The molecule has 0 aliphatic carbocycles. The molecule has 0 aromatic heterocycles. The third-order valence-electron chi connectivity index (χ3n) is 1.13. The van der Waals surface area contributed by atoms with Gasteiger partial charge in [-0.15, -0.1) is 0 Å². The fraction of sp³-hybridized carbons (Fsp3) is 0.667. The normalized spacial score (nSPS) is 7.62. The van der Waals surface area contributed by atoms with Gasteiger partial charge in [-0.3, -0.25) is 14.5 Å². The zero-order chi connectivity index (χ0) is 9.56. The van der Waals surface area contributed by atoms with Gasteiger partial charge in [0, 0.05) is 6.54 Å². The number of carboxylic acid groups (broad SMARTS) is 2. The Balaban J connectivity index is -0.000000101. The number of halogens is 3. The van der Waals surface area contributed by atoms with Crippen molar-refractivity contribution >= 4 is 11.9 Å². The topological polar surface area (TPSA) is 98.1 Å². The Labute approximate surface area is 145 Å². The molecular formula is C6H11CeCl3NO5. The Morgan fingerprint density at radius 1 is 0.938 bits per heavy atom. The maximum absolute atomic E-state index is 10.1. The molecule has 0 saturated carbocycles. The summed E-state index contributed by atoms with van der Waals surface area (Å²) in [4.78, 5) is 21.4. The van der Waals surface area contributed by atoms with E-state index in [0.717, 1.165) is 4.90 Å². The summed E-state index contributed by atoms with van der Waals surface area (Å²) in [6, 6.07) is 0. The predicted molar refractivity (Wildman–Crippen MR) is 38.8 cm³/mol. The van der Waals surface area contributed by atoms with E-state index >= 15 is 0 Å². The smallest absolute Gasteiger partial charge is 1.00 e. The van der Waals surface area contributed by atoms with Crippen molar-refractivity contribution < 1.29 is 104 Å². The van der Waals surface area contributed by atoms with Crippen LogP contribution in [0.1, 0.15) is 0 Å². The second-order valence-corrected chi connectivity index (χ2v) is 2.22. The van der Waals surface area contributed by atoms with E-state index in [4.69, 9.17) is 15.3 Å². The van der Waals surface area contributed by atoms with Crippen molar-refractivity contribution in [1.82, 2.24) is 4.90 Å². The average Bonchev–Trinajstić information content (AvgIpc) is 1.84. The minimum atomic E-state index is -1.11. The summed E-state index contributed by atoms with van der Waals surface area (Å²) in [5, 5.41) is 25.0. The van der Waals surface area contributed by atoms with Crippen LogP contribution in [0.3, 0.4) is 0 Å². The molecule has 0 amide bonds. The molecule has 0 aliphatic heterocycles. The van der Waals surface area contributed by atoms with Gasteiger partial charge in [-0.2, -0.15) is 0 Å². The monoisotopic (exact) mass is 422 g/mol. The van der Waals surface area contributed by atoms with Gasteiger partial charge >= 0.3 is 53.7 Å². The van der Waals surface area contributed by atoms with Crippen LogP contribution in [0.2, 0.25) is 0 Å². The number of hydrogen-bond acceptors (Lipinski definition) is 4. The maximum Gasteiger partial charge on any atom is 3.00 e. The molecule has 0 aromatic rings. The van der Waals surface area contributed by atoms with E-state index in [1.54, 1.807) is 0 Å². The van der Waals surface area contributed by atoms with Crippen LogP contribution in [0.15, 0.2) is 0 Å². The number of nitrogens with zero attached hydrogens (tertiary/aromatic N) is 1. The van der Waals surface area contributed by atoms with Crippen molar-refractivity contribution in [3.05, 3.63) is 0 Å². The molecule has 0 unspecified atom stereocenters. The molecule has 0 rings (SSSR count). The van der Waals surface area contributed by atoms with E-state index in [0.29, 0.717) is 0 Å². The number of aliphatic hydroxyl groups excluding tert-OH is 1. The summed E-state index contributed by atoms with van der Waals surface area (Å²) in [6.45, 7) is -0.932. The van der Waals surface area contributed by atoms with Gasteiger partial charge in [0.2, 0.25) is 0 Å². The fourth-order valence-corrected chi connectivity index (χ4v) is 0.738. The van der Waals surface area contributed by atoms with Gasteiger partial charge in [0.05, 0.1) is 19.7 Å². The summed E-state index contributed by atoms with van der Waals surface area (Å²) in [5.74, 6) is -2.21. The average molecular weight is 424 g/mol. The van der Waals surface area contributed by atoms with Gasteiger partial charge < -0.3 is 52.5 Å². The quantitative estimate of drug-likeness (QED) is 0.393. The van der Waals surface area contributed by atoms with Crippen molar-refractivity contribution in [1.29, 1.82) is 0 Å². The number of carbonyl (C=O) groups is 2. The summed E-state index contributed by atoms with van der Waals surface area (Å²) in [7, 11) is 0. The molecule has 95 valence electrons. The standard InChI is InChI=1S/C6H11NO5.Ce.3ClH/c8-2-1-7(3-5(9)10)4-6(11)12;;;;/h8H,1-4H2,(H,9,10)(H,11,12);;3*1H/q;+3;;;/p-3. The first-order chi connectivity index (χ1) is 5.56. The largest absolute Gasteiger partial charge is 3.00 e. The molecule has 0 saturated heterocycles. The van der Waals surface area contributed by atoms with Crippen molar-refractivity contribution in [3.8, 4) is 0 Å². The van der Waals surface area contributed by atoms with Crippen LogP contribution >= 0.6 is 0 Å². The Hall–Kier alpha value is 1.11. The Bertz CT molecular complexity index is 170. The maximum atomic E-state index is 10.1. The molecular weight excluding hydrogens is 413 g/mol. The Morgan fingerprint density at radius 2 is 1.25 bits per heavy atom. The molecule has 0 bridgehead atoms. The molecule has 6 nitrogen and oxygen atoms in total. The van der Waals surface area contributed by atoms with Crippen molar-refractivity contribution in [2.24, 2.45) is 0 Å². The SMILES string of the molecule is O=C(O)CN(CCO)CC(=O)O.[Ce+3].[Cl-].[Cl-].[Cl-]. The van der Waals surface area contributed by atoms with Crippen LogP contribution < -0.4 is 37.2 Å². The summed E-state index contributed by atoms with van der Waals surface area (Å²) < 4.78 is 0. The first-order valence-corrected chi connectivity index (χ1v) is 3.33. The van der Waals surface area contributed by atoms with Crippen LogP contribution in [-0.4, -0.2) is 58.4 Å². The molecule has 0 atom stereocenters. The van der Waals surface area contributed by atoms with E-state index in [-0.39, 0.29) is 105 Å². The number of carboxylic acids is 2. The van der Waals surface area contributed by atoms with Crippen molar-refractivity contribution in [2.75, 3.05) is 26.2 Å². The van der Waals surface area contributed by atoms with Gasteiger partial charge in [-0.1, -0.05) is 0 Å². The van der Waals surface area contributed by atoms with Crippen LogP contribution in [0.5, 0.6) is 0 Å². The minimum absolute atomic E-state index is 0. The van der Waals surface area contributed by atoms with Gasteiger partial charge in [0.1, 0.15) is 0 Å². The second-order valence-electron chi connectivity index (χ2n) is 2.22. The molecule has 0 heterocycles. The number of hydrogen-bond donors (Lipinski definition) is 3. The Morgan fingerprint density at radius 3 is 1.44 bits per heavy atom. The third kappa shape index (κ3) is 20.5. The van der Waals surface area contributed by atoms with E-state index in [9.17, 15) is 9.59 Å². The van der Waals surface area contributed by atoms with Gasteiger partial charge in [0.15, 0.2) is 0 Å². The van der Waals surface area contributed by atoms with Crippen molar-refractivity contribution in [3.63, 3.8) is 0 Å². The third-order valence-corrected chi connectivity index (χ3v) is 1.13. The molecule has 1 radical (unpaired) electrons. The molecule has 10 heteroatoms. The molecule has 0 aromatic carbocycles. The van der Waals surface area contributed by atoms with Crippen LogP contribution in [-0.2, 0) is 9.59 Å².